The fraction of sp³-hybridized carbons (Fsp3) is 1.00. The topological polar surface area (TPSA) is 20.2 Å². The Kier molecular flexibility index (Phi) is 13.9. The third-order valence-corrected chi connectivity index (χ3v) is 3.82. The van der Waals surface area contributed by atoms with Crippen molar-refractivity contribution in [1.82, 2.24) is 0 Å². The van der Waals surface area contributed by atoms with E-state index in [-0.39, 0.29) is 6.10 Å². The van der Waals surface area contributed by atoms with Crippen LogP contribution in [0.3, 0.4) is 0 Å². The molecule has 1 nitrogen and oxygen atoms in total. The molecule has 2 heteroatoms. The second-order valence-electron chi connectivity index (χ2n) is 4.78. The molecule has 0 aliphatic carbocycles. The summed E-state index contributed by atoms with van der Waals surface area (Å²) in [6, 6.07) is 0. The van der Waals surface area contributed by atoms with E-state index >= 15 is 0 Å². The Labute approximate surface area is 110 Å². The highest BCUT2D eigenvalue weighted by molar-refractivity contribution is 9.09. The predicted octanol–water partition coefficient (Wildman–Crippen LogP) is 5.05. The standard InChI is InChI=1S/C14H29BrO/c1-2-3-4-5-6-7-8-9-10-11-12-14(16)13-15/h14,16H,2-13H2,1H3/t14-/m1/s1. The van der Waals surface area contributed by atoms with Crippen molar-refractivity contribution in [2.45, 2.75) is 83.7 Å². The fourth-order valence-electron chi connectivity index (χ4n) is 1.94. The molecule has 0 aromatic heterocycles. The first kappa shape index (κ1) is 16.4. The van der Waals surface area contributed by atoms with Crippen LogP contribution in [-0.2, 0) is 0 Å². The molecule has 0 radical (unpaired) electrons. The number of alkyl halides is 1. The van der Waals surface area contributed by atoms with Crippen LogP contribution in [0.15, 0.2) is 0 Å². The van der Waals surface area contributed by atoms with Crippen LogP contribution in [0.5, 0.6) is 0 Å². The van der Waals surface area contributed by atoms with E-state index in [9.17, 15) is 5.11 Å². The lowest BCUT2D eigenvalue weighted by Gasteiger charge is -2.06. The number of hydrogen-bond donors (Lipinski definition) is 1. The van der Waals surface area contributed by atoms with Gasteiger partial charge in [-0.05, 0) is 6.42 Å². The van der Waals surface area contributed by atoms with E-state index in [1.165, 1.54) is 64.2 Å². The molecule has 0 aromatic rings. The van der Waals surface area contributed by atoms with Gasteiger partial charge >= 0.3 is 0 Å². The molecule has 0 unspecified atom stereocenters. The molecule has 0 spiro atoms. The smallest absolute Gasteiger partial charge is 0.0637 e. The van der Waals surface area contributed by atoms with Crippen molar-refractivity contribution in [3.63, 3.8) is 0 Å². The molecule has 0 aliphatic rings. The summed E-state index contributed by atoms with van der Waals surface area (Å²) in [5, 5.41) is 10.1. The molecule has 98 valence electrons. The normalized spacial score (nSPS) is 12.9. The van der Waals surface area contributed by atoms with Gasteiger partial charge in [-0.3, -0.25) is 0 Å². The van der Waals surface area contributed by atoms with Gasteiger partial charge in [0, 0.05) is 5.33 Å². The van der Waals surface area contributed by atoms with E-state index in [1.54, 1.807) is 0 Å². The van der Waals surface area contributed by atoms with Crippen molar-refractivity contribution < 1.29 is 5.11 Å². The second-order valence-corrected chi connectivity index (χ2v) is 5.43. The number of rotatable bonds is 12. The van der Waals surface area contributed by atoms with Crippen LogP contribution in [0.2, 0.25) is 0 Å². The van der Waals surface area contributed by atoms with E-state index in [0.717, 1.165) is 11.8 Å². The van der Waals surface area contributed by atoms with E-state index in [1.807, 2.05) is 0 Å². The van der Waals surface area contributed by atoms with E-state index in [4.69, 9.17) is 0 Å². The Morgan fingerprint density at radius 2 is 1.25 bits per heavy atom. The number of halogens is 1. The van der Waals surface area contributed by atoms with Gasteiger partial charge in [-0.1, -0.05) is 87.1 Å². The molecular formula is C14H29BrO. The zero-order valence-corrected chi connectivity index (χ0v) is 12.5. The van der Waals surface area contributed by atoms with Crippen LogP contribution in [-0.4, -0.2) is 16.5 Å². The van der Waals surface area contributed by atoms with Gasteiger partial charge in [0.15, 0.2) is 0 Å². The molecule has 0 saturated heterocycles. The molecule has 0 bridgehead atoms. The Morgan fingerprint density at radius 3 is 1.69 bits per heavy atom. The maximum absolute atomic E-state index is 9.33. The van der Waals surface area contributed by atoms with E-state index in [2.05, 4.69) is 22.9 Å². The van der Waals surface area contributed by atoms with Crippen molar-refractivity contribution in [3.05, 3.63) is 0 Å². The molecule has 0 aromatic carbocycles. The predicted molar refractivity (Wildman–Crippen MR) is 76.3 cm³/mol. The van der Waals surface area contributed by atoms with Crippen LogP contribution < -0.4 is 0 Å². The quantitative estimate of drug-likeness (QED) is 0.394. The number of hydrogen-bond acceptors (Lipinski definition) is 1. The van der Waals surface area contributed by atoms with Gasteiger partial charge in [0.1, 0.15) is 0 Å². The van der Waals surface area contributed by atoms with Crippen molar-refractivity contribution in [2.75, 3.05) is 5.33 Å². The highest BCUT2D eigenvalue weighted by Crippen LogP contribution is 2.12. The number of unbranched alkanes of at least 4 members (excludes halogenated alkanes) is 9. The van der Waals surface area contributed by atoms with Crippen molar-refractivity contribution in [1.29, 1.82) is 0 Å². The summed E-state index contributed by atoms with van der Waals surface area (Å²) in [6.45, 7) is 2.27. The summed E-state index contributed by atoms with van der Waals surface area (Å²) in [7, 11) is 0. The summed E-state index contributed by atoms with van der Waals surface area (Å²) in [4.78, 5) is 0. The first-order valence-corrected chi connectivity index (χ1v) is 8.17. The minimum absolute atomic E-state index is 0.131. The lowest BCUT2D eigenvalue weighted by Crippen LogP contribution is -2.06. The average molecular weight is 293 g/mol. The molecule has 1 N–H and O–H groups in total. The first-order chi connectivity index (χ1) is 7.81. The molecule has 0 amide bonds. The lowest BCUT2D eigenvalue weighted by molar-refractivity contribution is 0.186. The van der Waals surface area contributed by atoms with Gasteiger partial charge < -0.3 is 5.11 Å². The number of aliphatic hydroxyl groups excluding tert-OH is 1. The SMILES string of the molecule is CCCCCCCCCCCC[C@@H](O)CBr. The van der Waals surface area contributed by atoms with Crippen LogP contribution >= 0.6 is 15.9 Å². The second kappa shape index (κ2) is 13.5. The van der Waals surface area contributed by atoms with E-state index in [0.29, 0.717) is 0 Å². The summed E-state index contributed by atoms with van der Waals surface area (Å²) < 4.78 is 0. The molecule has 0 heterocycles. The van der Waals surface area contributed by atoms with Gasteiger partial charge in [0.05, 0.1) is 6.10 Å². The minimum Gasteiger partial charge on any atom is -0.392 e. The maximum atomic E-state index is 9.33. The molecule has 0 aliphatic heterocycles. The first-order valence-electron chi connectivity index (χ1n) is 7.05. The fourth-order valence-corrected chi connectivity index (χ4v) is 2.27. The molecule has 1 atom stereocenters. The minimum atomic E-state index is -0.131. The summed E-state index contributed by atoms with van der Waals surface area (Å²) in [6.07, 6.45) is 14.5. The van der Waals surface area contributed by atoms with Crippen molar-refractivity contribution in [2.24, 2.45) is 0 Å². The highest BCUT2D eigenvalue weighted by Gasteiger charge is 2.00. The monoisotopic (exact) mass is 292 g/mol. The third-order valence-electron chi connectivity index (χ3n) is 3.07. The molecule has 0 saturated carbocycles. The van der Waals surface area contributed by atoms with Crippen LogP contribution in [0.1, 0.15) is 77.6 Å². The van der Waals surface area contributed by atoms with Gasteiger partial charge in [0.2, 0.25) is 0 Å². The number of aliphatic hydroxyl groups is 1. The van der Waals surface area contributed by atoms with Crippen molar-refractivity contribution in [3.8, 4) is 0 Å². The van der Waals surface area contributed by atoms with E-state index < -0.39 is 0 Å². The van der Waals surface area contributed by atoms with Crippen molar-refractivity contribution >= 4 is 15.9 Å². The highest BCUT2D eigenvalue weighted by atomic mass is 79.9. The molecule has 0 rings (SSSR count). The zero-order valence-electron chi connectivity index (χ0n) is 10.9. The Hall–Kier alpha value is 0.440. The Morgan fingerprint density at radius 1 is 0.812 bits per heavy atom. The van der Waals surface area contributed by atoms with Gasteiger partial charge in [-0.15, -0.1) is 0 Å². The van der Waals surface area contributed by atoms with Crippen LogP contribution in [0.4, 0.5) is 0 Å². The zero-order chi connectivity index (χ0) is 12.1. The molecule has 16 heavy (non-hydrogen) atoms. The summed E-state index contributed by atoms with van der Waals surface area (Å²) in [5.74, 6) is 0. The Balaban J connectivity index is 2.93. The van der Waals surface area contributed by atoms with Gasteiger partial charge in [0.25, 0.3) is 0 Å². The molecular weight excluding hydrogens is 264 g/mol. The maximum Gasteiger partial charge on any atom is 0.0637 e. The Bertz CT molecular complexity index is 128. The van der Waals surface area contributed by atoms with Crippen LogP contribution in [0, 0.1) is 0 Å². The lowest BCUT2D eigenvalue weighted by atomic mass is 10.1. The van der Waals surface area contributed by atoms with Gasteiger partial charge in [-0.2, -0.15) is 0 Å². The third kappa shape index (κ3) is 12.5. The molecule has 0 fully saturated rings. The van der Waals surface area contributed by atoms with Crippen LogP contribution in [0.25, 0.3) is 0 Å². The summed E-state index contributed by atoms with van der Waals surface area (Å²) in [5.41, 5.74) is 0. The van der Waals surface area contributed by atoms with Gasteiger partial charge in [-0.25, -0.2) is 0 Å². The largest absolute Gasteiger partial charge is 0.392 e. The average Bonchev–Trinajstić information content (AvgIpc) is 2.31. The summed E-state index contributed by atoms with van der Waals surface area (Å²) >= 11 is 3.29.